The Kier molecular flexibility index (Phi) is 8.38. The van der Waals surface area contributed by atoms with Crippen LogP contribution in [0, 0.1) is 13.8 Å². The molecule has 0 radical (unpaired) electrons. The maximum Gasteiger partial charge on any atom is 0.0610 e. The van der Waals surface area contributed by atoms with E-state index in [1.54, 1.807) is 0 Å². The normalized spacial score (nSPS) is 14.1. The fourth-order valence-corrected chi connectivity index (χ4v) is 3.43. The summed E-state index contributed by atoms with van der Waals surface area (Å²) in [6.07, 6.45) is 4.50. The van der Waals surface area contributed by atoms with Crippen LogP contribution in [0.3, 0.4) is 0 Å². The first-order valence-electron chi connectivity index (χ1n) is 8.06. The van der Waals surface area contributed by atoms with Gasteiger partial charge in [0.15, 0.2) is 0 Å². The number of hydrogen-bond donors (Lipinski definition) is 2. The van der Waals surface area contributed by atoms with E-state index >= 15 is 0 Å². The number of aliphatic hydroxyl groups is 1. The van der Waals surface area contributed by atoms with Gasteiger partial charge in [-0.25, -0.2) is 0 Å². The smallest absolute Gasteiger partial charge is 0.0610 e. The Morgan fingerprint density at radius 2 is 2.00 bits per heavy atom. The zero-order chi connectivity index (χ0) is 15.7. The minimum atomic E-state index is -0.111. The number of aliphatic hydroxyl groups excluding tert-OH is 1. The molecule has 0 aromatic heterocycles. The van der Waals surface area contributed by atoms with Gasteiger partial charge in [0, 0.05) is 10.4 Å². The van der Waals surface area contributed by atoms with E-state index in [0.717, 1.165) is 31.6 Å². The molecule has 0 heterocycles. The van der Waals surface area contributed by atoms with E-state index in [1.165, 1.54) is 22.4 Å². The Bertz CT molecular complexity index is 422. The molecule has 0 aliphatic carbocycles. The molecule has 1 aromatic rings. The molecule has 2 nitrogen and oxygen atoms in total. The van der Waals surface area contributed by atoms with E-state index in [1.807, 2.05) is 11.8 Å². The molecule has 120 valence electrons. The molecule has 0 bridgehead atoms. The molecule has 0 saturated carbocycles. The summed E-state index contributed by atoms with van der Waals surface area (Å²) in [7, 11) is 0. The van der Waals surface area contributed by atoms with Crippen molar-refractivity contribution < 1.29 is 5.11 Å². The lowest BCUT2D eigenvalue weighted by atomic mass is 9.96. The highest BCUT2D eigenvalue weighted by Gasteiger charge is 2.21. The van der Waals surface area contributed by atoms with Crippen LogP contribution in [0.5, 0.6) is 0 Å². The van der Waals surface area contributed by atoms with Gasteiger partial charge in [-0.3, -0.25) is 0 Å². The second kappa shape index (κ2) is 9.50. The fourth-order valence-electron chi connectivity index (χ4n) is 2.41. The standard InChI is InChI=1S/C18H31NOS/c1-5-11-19-18(4,14-20)10-6-7-12-21-17-9-8-15(2)13-16(17)3/h8-9,13,19-20H,5-7,10-12,14H2,1-4H3. The molecule has 0 aliphatic rings. The van der Waals surface area contributed by atoms with Crippen molar-refractivity contribution >= 4 is 11.8 Å². The van der Waals surface area contributed by atoms with Crippen molar-refractivity contribution in [2.75, 3.05) is 18.9 Å². The van der Waals surface area contributed by atoms with E-state index in [0.29, 0.717) is 0 Å². The Hall–Kier alpha value is -0.510. The Balaban J connectivity index is 2.27. The summed E-state index contributed by atoms with van der Waals surface area (Å²) < 4.78 is 0. The quantitative estimate of drug-likeness (QED) is 0.499. The summed E-state index contributed by atoms with van der Waals surface area (Å²) >= 11 is 1.95. The van der Waals surface area contributed by atoms with E-state index in [4.69, 9.17) is 0 Å². The van der Waals surface area contributed by atoms with Gasteiger partial charge in [-0.1, -0.05) is 31.0 Å². The highest BCUT2D eigenvalue weighted by Crippen LogP contribution is 2.25. The third-order valence-corrected chi connectivity index (χ3v) is 5.12. The molecule has 1 atom stereocenters. The third kappa shape index (κ3) is 6.86. The van der Waals surface area contributed by atoms with Crippen molar-refractivity contribution in [3.63, 3.8) is 0 Å². The highest BCUT2D eigenvalue weighted by molar-refractivity contribution is 7.99. The summed E-state index contributed by atoms with van der Waals surface area (Å²) in [5, 5.41) is 13.0. The summed E-state index contributed by atoms with van der Waals surface area (Å²) in [4.78, 5) is 1.40. The van der Waals surface area contributed by atoms with Gasteiger partial charge in [-0.2, -0.15) is 0 Å². The van der Waals surface area contributed by atoms with E-state index in [2.05, 4.69) is 51.2 Å². The summed E-state index contributed by atoms with van der Waals surface area (Å²) in [5.41, 5.74) is 2.60. The van der Waals surface area contributed by atoms with Crippen LogP contribution < -0.4 is 5.32 Å². The van der Waals surface area contributed by atoms with Crippen molar-refractivity contribution in [2.45, 2.75) is 63.8 Å². The van der Waals surface area contributed by atoms with Crippen LogP contribution >= 0.6 is 11.8 Å². The molecule has 0 amide bonds. The zero-order valence-corrected chi connectivity index (χ0v) is 14.9. The molecule has 0 saturated heterocycles. The second-order valence-electron chi connectivity index (χ2n) is 6.22. The lowest BCUT2D eigenvalue weighted by Crippen LogP contribution is -2.46. The predicted molar refractivity (Wildman–Crippen MR) is 94.3 cm³/mol. The Morgan fingerprint density at radius 3 is 2.62 bits per heavy atom. The van der Waals surface area contributed by atoms with Gasteiger partial charge in [0.1, 0.15) is 0 Å². The van der Waals surface area contributed by atoms with Crippen LogP contribution in [0.2, 0.25) is 0 Å². The van der Waals surface area contributed by atoms with Crippen molar-refractivity contribution in [1.29, 1.82) is 0 Å². The van der Waals surface area contributed by atoms with Crippen LogP contribution in [-0.2, 0) is 0 Å². The SMILES string of the molecule is CCCNC(C)(CO)CCCCSc1ccc(C)cc1C. The Labute approximate surface area is 134 Å². The molecular formula is C18H31NOS. The highest BCUT2D eigenvalue weighted by atomic mass is 32.2. The topological polar surface area (TPSA) is 32.3 Å². The van der Waals surface area contributed by atoms with Crippen LogP contribution in [0.25, 0.3) is 0 Å². The largest absolute Gasteiger partial charge is 0.394 e. The maximum atomic E-state index is 9.54. The van der Waals surface area contributed by atoms with Gasteiger partial charge in [-0.05, 0) is 64.0 Å². The number of aryl methyl sites for hydroxylation is 2. The zero-order valence-electron chi connectivity index (χ0n) is 14.0. The first-order valence-corrected chi connectivity index (χ1v) is 9.05. The molecule has 1 aromatic carbocycles. The molecule has 2 N–H and O–H groups in total. The molecule has 0 aliphatic heterocycles. The van der Waals surface area contributed by atoms with Gasteiger partial charge in [-0.15, -0.1) is 11.8 Å². The monoisotopic (exact) mass is 309 g/mol. The van der Waals surface area contributed by atoms with E-state index in [-0.39, 0.29) is 12.1 Å². The number of hydrogen-bond acceptors (Lipinski definition) is 3. The summed E-state index contributed by atoms with van der Waals surface area (Å²) in [6, 6.07) is 6.67. The first kappa shape index (κ1) is 18.5. The average molecular weight is 310 g/mol. The van der Waals surface area contributed by atoms with E-state index in [9.17, 15) is 5.11 Å². The van der Waals surface area contributed by atoms with Gasteiger partial charge in [0.05, 0.1) is 6.61 Å². The summed E-state index contributed by atoms with van der Waals surface area (Å²) in [5.74, 6) is 1.15. The summed E-state index contributed by atoms with van der Waals surface area (Å²) in [6.45, 7) is 9.81. The van der Waals surface area contributed by atoms with Crippen LogP contribution in [0.15, 0.2) is 23.1 Å². The van der Waals surface area contributed by atoms with Crippen molar-refractivity contribution in [1.82, 2.24) is 5.32 Å². The first-order chi connectivity index (χ1) is 10.0. The molecule has 1 rings (SSSR count). The molecule has 0 fully saturated rings. The second-order valence-corrected chi connectivity index (χ2v) is 7.36. The van der Waals surface area contributed by atoms with Crippen molar-refractivity contribution in [3.8, 4) is 0 Å². The minimum Gasteiger partial charge on any atom is -0.394 e. The van der Waals surface area contributed by atoms with Crippen molar-refractivity contribution in [2.24, 2.45) is 0 Å². The number of rotatable bonds is 10. The lowest BCUT2D eigenvalue weighted by Gasteiger charge is -2.28. The predicted octanol–water partition coefficient (Wildman–Crippen LogP) is 4.32. The molecule has 1 unspecified atom stereocenters. The maximum absolute atomic E-state index is 9.54. The average Bonchev–Trinajstić information content (AvgIpc) is 2.47. The molecule has 3 heteroatoms. The van der Waals surface area contributed by atoms with Gasteiger partial charge < -0.3 is 10.4 Å². The number of benzene rings is 1. The van der Waals surface area contributed by atoms with Crippen LogP contribution in [0.4, 0.5) is 0 Å². The van der Waals surface area contributed by atoms with Gasteiger partial charge in [0.25, 0.3) is 0 Å². The number of nitrogens with one attached hydrogen (secondary N) is 1. The van der Waals surface area contributed by atoms with Crippen LogP contribution in [-0.4, -0.2) is 29.5 Å². The number of unbranched alkanes of at least 4 members (excludes halogenated alkanes) is 1. The van der Waals surface area contributed by atoms with Crippen LogP contribution in [0.1, 0.15) is 50.7 Å². The minimum absolute atomic E-state index is 0.111. The molecular weight excluding hydrogens is 278 g/mol. The van der Waals surface area contributed by atoms with Gasteiger partial charge in [0.2, 0.25) is 0 Å². The van der Waals surface area contributed by atoms with Crippen molar-refractivity contribution in [3.05, 3.63) is 29.3 Å². The Morgan fingerprint density at radius 1 is 1.24 bits per heavy atom. The van der Waals surface area contributed by atoms with Gasteiger partial charge >= 0.3 is 0 Å². The fraction of sp³-hybridized carbons (Fsp3) is 0.667. The molecule has 21 heavy (non-hydrogen) atoms. The van der Waals surface area contributed by atoms with E-state index < -0.39 is 0 Å². The number of thioether (sulfide) groups is 1. The third-order valence-electron chi connectivity index (χ3n) is 3.86. The molecule has 0 spiro atoms. The lowest BCUT2D eigenvalue weighted by molar-refractivity contribution is 0.163.